The molecular formula is C15H15ClN2O3. The van der Waals surface area contributed by atoms with Crippen LogP contribution in [-0.4, -0.2) is 15.6 Å². The van der Waals surface area contributed by atoms with E-state index in [0.29, 0.717) is 16.4 Å². The van der Waals surface area contributed by atoms with Crippen molar-refractivity contribution in [1.29, 1.82) is 0 Å². The first-order valence-electron chi connectivity index (χ1n) is 6.33. The largest absolute Gasteiger partial charge is 0.506 e. The number of hydrogen-bond acceptors (Lipinski definition) is 3. The summed E-state index contributed by atoms with van der Waals surface area (Å²) in [5.41, 5.74) is 1.56. The Bertz CT molecular complexity index is 727. The van der Waals surface area contributed by atoms with E-state index in [-0.39, 0.29) is 29.3 Å². The van der Waals surface area contributed by atoms with Gasteiger partial charge in [0, 0.05) is 28.5 Å². The molecule has 1 amide bonds. The summed E-state index contributed by atoms with van der Waals surface area (Å²) < 4.78 is 1.72. The minimum atomic E-state index is -0.317. The molecule has 0 aliphatic heterocycles. The Hall–Kier alpha value is -2.27. The van der Waals surface area contributed by atoms with Crippen LogP contribution < -0.4 is 10.7 Å². The van der Waals surface area contributed by atoms with Crippen LogP contribution in [-0.2, 0) is 11.3 Å². The highest BCUT2D eigenvalue weighted by Gasteiger charge is 2.10. The molecule has 5 nitrogen and oxygen atoms in total. The standard InChI is InChI=1S/C15H15ClN2O3/c1-9-5-12(19)6-10(2)18(9)8-15(21)17-13-7-11(16)3-4-14(13)20/h3-7,20H,8H2,1-2H3,(H,17,21). The number of amides is 1. The first kappa shape index (κ1) is 15.1. The number of nitrogens with one attached hydrogen (secondary N) is 1. The van der Waals surface area contributed by atoms with Gasteiger partial charge in [0.25, 0.3) is 0 Å². The first-order valence-corrected chi connectivity index (χ1v) is 6.71. The molecule has 6 heteroatoms. The molecule has 0 bridgehead atoms. The van der Waals surface area contributed by atoms with Gasteiger partial charge >= 0.3 is 0 Å². The number of aromatic nitrogens is 1. The highest BCUT2D eigenvalue weighted by molar-refractivity contribution is 6.31. The average molecular weight is 307 g/mol. The normalized spacial score (nSPS) is 10.4. The maximum Gasteiger partial charge on any atom is 0.244 e. The van der Waals surface area contributed by atoms with Crippen molar-refractivity contribution in [2.24, 2.45) is 0 Å². The number of anilines is 1. The zero-order valence-corrected chi connectivity index (χ0v) is 12.4. The molecule has 2 aromatic rings. The third-order valence-electron chi connectivity index (χ3n) is 3.09. The van der Waals surface area contributed by atoms with Crippen LogP contribution in [0.3, 0.4) is 0 Å². The van der Waals surface area contributed by atoms with Crippen molar-refractivity contribution in [3.63, 3.8) is 0 Å². The molecule has 1 aromatic carbocycles. The molecule has 0 saturated heterocycles. The second kappa shape index (κ2) is 6.01. The predicted molar refractivity (Wildman–Crippen MR) is 81.9 cm³/mol. The summed E-state index contributed by atoms with van der Waals surface area (Å²) in [5, 5.41) is 12.7. The van der Waals surface area contributed by atoms with Gasteiger partial charge in [0.05, 0.1) is 5.69 Å². The van der Waals surface area contributed by atoms with Crippen LogP contribution in [0.4, 0.5) is 5.69 Å². The van der Waals surface area contributed by atoms with Crippen LogP contribution >= 0.6 is 11.6 Å². The quantitative estimate of drug-likeness (QED) is 0.856. The fourth-order valence-corrected chi connectivity index (χ4v) is 2.25. The van der Waals surface area contributed by atoms with E-state index in [4.69, 9.17) is 11.6 Å². The monoisotopic (exact) mass is 306 g/mol. The molecule has 0 atom stereocenters. The van der Waals surface area contributed by atoms with Crippen LogP contribution in [0.1, 0.15) is 11.4 Å². The number of carbonyl (C=O) groups excluding carboxylic acids is 1. The van der Waals surface area contributed by atoms with Crippen LogP contribution in [0.15, 0.2) is 35.1 Å². The zero-order valence-electron chi connectivity index (χ0n) is 11.7. The predicted octanol–water partition coefficient (Wildman–Crippen LogP) is 2.46. The summed E-state index contributed by atoms with van der Waals surface area (Å²) in [6.45, 7) is 3.57. The number of aromatic hydroxyl groups is 1. The lowest BCUT2D eigenvalue weighted by Gasteiger charge is -2.14. The van der Waals surface area contributed by atoms with Crippen molar-refractivity contribution in [3.05, 3.63) is 57.0 Å². The highest BCUT2D eigenvalue weighted by Crippen LogP contribution is 2.26. The van der Waals surface area contributed by atoms with Gasteiger partial charge in [-0.2, -0.15) is 0 Å². The minimum Gasteiger partial charge on any atom is -0.506 e. The third kappa shape index (κ3) is 3.64. The maximum absolute atomic E-state index is 12.1. The summed E-state index contributed by atoms with van der Waals surface area (Å²) in [4.78, 5) is 23.4. The Morgan fingerprint density at radius 1 is 1.24 bits per heavy atom. The molecule has 0 spiro atoms. The van der Waals surface area contributed by atoms with E-state index in [9.17, 15) is 14.7 Å². The van der Waals surface area contributed by atoms with Crippen LogP contribution in [0.2, 0.25) is 5.02 Å². The Balaban J connectivity index is 2.19. The van der Waals surface area contributed by atoms with Crippen LogP contribution in [0, 0.1) is 13.8 Å². The second-order valence-corrected chi connectivity index (χ2v) is 5.21. The van der Waals surface area contributed by atoms with Crippen molar-refractivity contribution in [2.75, 3.05) is 5.32 Å². The molecule has 2 rings (SSSR count). The number of phenols is 1. The van der Waals surface area contributed by atoms with Crippen molar-refractivity contribution in [1.82, 2.24) is 4.57 Å². The molecule has 0 aliphatic rings. The maximum atomic E-state index is 12.1. The molecule has 0 unspecified atom stereocenters. The summed E-state index contributed by atoms with van der Waals surface area (Å²) in [6.07, 6.45) is 0. The number of phenolic OH excluding ortho intramolecular Hbond substituents is 1. The number of halogens is 1. The van der Waals surface area contributed by atoms with E-state index in [1.807, 2.05) is 0 Å². The molecule has 0 aliphatic carbocycles. The van der Waals surface area contributed by atoms with Crippen LogP contribution in [0.5, 0.6) is 5.75 Å². The third-order valence-corrected chi connectivity index (χ3v) is 3.32. The van der Waals surface area contributed by atoms with Crippen LogP contribution in [0.25, 0.3) is 0 Å². The molecule has 21 heavy (non-hydrogen) atoms. The van der Waals surface area contributed by atoms with Gasteiger partial charge in [-0.15, -0.1) is 0 Å². The number of hydrogen-bond donors (Lipinski definition) is 2. The number of carbonyl (C=O) groups is 1. The van der Waals surface area contributed by atoms with E-state index in [0.717, 1.165) is 0 Å². The van der Waals surface area contributed by atoms with Gasteiger partial charge in [0.15, 0.2) is 5.43 Å². The zero-order chi connectivity index (χ0) is 15.6. The highest BCUT2D eigenvalue weighted by atomic mass is 35.5. The Labute approximate surface area is 126 Å². The van der Waals surface area contributed by atoms with Crippen molar-refractivity contribution < 1.29 is 9.90 Å². The summed E-state index contributed by atoms with van der Waals surface area (Å²) in [7, 11) is 0. The average Bonchev–Trinajstić information content (AvgIpc) is 2.38. The number of benzene rings is 1. The van der Waals surface area contributed by atoms with Gasteiger partial charge in [0.2, 0.25) is 5.91 Å². The van der Waals surface area contributed by atoms with Crippen molar-refractivity contribution in [2.45, 2.75) is 20.4 Å². The molecule has 1 aromatic heterocycles. The Morgan fingerprint density at radius 3 is 2.48 bits per heavy atom. The van der Waals surface area contributed by atoms with E-state index in [2.05, 4.69) is 5.32 Å². The lowest BCUT2D eigenvalue weighted by Crippen LogP contribution is -2.23. The van der Waals surface area contributed by atoms with E-state index in [1.165, 1.54) is 30.3 Å². The van der Waals surface area contributed by atoms with Crippen molar-refractivity contribution >= 4 is 23.2 Å². The fourth-order valence-electron chi connectivity index (χ4n) is 2.08. The van der Waals surface area contributed by atoms with E-state index in [1.54, 1.807) is 18.4 Å². The second-order valence-electron chi connectivity index (χ2n) is 4.77. The van der Waals surface area contributed by atoms with Crippen molar-refractivity contribution in [3.8, 4) is 5.75 Å². The smallest absolute Gasteiger partial charge is 0.244 e. The van der Waals surface area contributed by atoms with E-state index < -0.39 is 0 Å². The Morgan fingerprint density at radius 2 is 1.86 bits per heavy atom. The summed E-state index contributed by atoms with van der Waals surface area (Å²) >= 11 is 5.83. The van der Waals surface area contributed by atoms with Gasteiger partial charge < -0.3 is 15.0 Å². The Kier molecular flexibility index (Phi) is 4.33. The molecule has 110 valence electrons. The van der Waals surface area contributed by atoms with Gasteiger partial charge in [-0.25, -0.2) is 0 Å². The lowest BCUT2D eigenvalue weighted by atomic mass is 10.2. The number of rotatable bonds is 3. The van der Waals surface area contributed by atoms with Gasteiger partial charge in [-0.3, -0.25) is 9.59 Å². The molecular weight excluding hydrogens is 292 g/mol. The number of nitrogens with zero attached hydrogens (tertiary/aromatic N) is 1. The number of aryl methyl sites for hydroxylation is 2. The van der Waals surface area contributed by atoms with Gasteiger partial charge in [0.1, 0.15) is 12.3 Å². The molecule has 1 heterocycles. The summed E-state index contributed by atoms with van der Waals surface area (Å²) in [5.74, 6) is -0.372. The molecule has 0 fully saturated rings. The first-order chi connectivity index (χ1) is 9.86. The topological polar surface area (TPSA) is 71.3 Å². The lowest BCUT2D eigenvalue weighted by molar-refractivity contribution is -0.116. The molecule has 2 N–H and O–H groups in total. The number of pyridine rings is 1. The molecule has 0 saturated carbocycles. The molecule has 0 radical (unpaired) electrons. The van der Waals surface area contributed by atoms with E-state index >= 15 is 0 Å². The SMILES string of the molecule is Cc1cc(=O)cc(C)n1CC(=O)Nc1cc(Cl)ccc1O. The van der Waals surface area contributed by atoms with Gasteiger partial charge in [-0.05, 0) is 32.0 Å². The fraction of sp³-hybridized carbons (Fsp3) is 0.200. The summed E-state index contributed by atoms with van der Waals surface area (Å²) in [6, 6.07) is 7.35. The minimum absolute atomic E-state index is 0.0455. The van der Waals surface area contributed by atoms with Gasteiger partial charge in [-0.1, -0.05) is 11.6 Å².